The molecule has 0 saturated carbocycles. The van der Waals surface area contributed by atoms with Gasteiger partial charge < -0.3 is 14.0 Å². The molecule has 0 spiro atoms. The molecule has 1 atom stereocenters. The maximum atomic E-state index is 5.77. The molecule has 3 aromatic rings. The van der Waals surface area contributed by atoms with E-state index in [1.54, 1.807) is 14.2 Å². The summed E-state index contributed by atoms with van der Waals surface area (Å²) in [5.74, 6) is 2.12. The second kappa shape index (κ2) is 9.56. The van der Waals surface area contributed by atoms with Crippen LogP contribution in [0.15, 0.2) is 35.0 Å². The number of rotatable bonds is 7. The zero-order valence-electron chi connectivity index (χ0n) is 18.9. The van der Waals surface area contributed by atoms with Crippen molar-refractivity contribution in [2.45, 2.75) is 58.7 Å². The molecule has 0 radical (unpaired) electrons. The fourth-order valence-corrected chi connectivity index (χ4v) is 4.44. The lowest BCUT2D eigenvalue weighted by Crippen LogP contribution is -2.28. The van der Waals surface area contributed by atoms with Gasteiger partial charge in [0.2, 0.25) is 0 Å². The molecule has 31 heavy (non-hydrogen) atoms. The third kappa shape index (κ3) is 4.46. The van der Waals surface area contributed by atoms with Gasteiger partial charge in [0.25, 0.3) is 0 Å². The molecule has 0 N–H and O–H groups in total. The van der Waals surface area contributed by atoms with E-state index in [1.807, 2.05) is 24.4 Å². The van der Waals surface area contributed by atoms with Crippen LogP contribution < -0.4 is 9.47 Å². The minimum atomic E-state index is 0.240. The van der Waals surface area contributed by atoms with Crippen LogP contribution >= 0.6 is 0 Å². The Bertz CT molecular complexity index is 1010. The van der Waals surface area contributed by atoms with E-state index < -0.39 is 0 Å². The summed E-state index contributed by atoms with van der Waals surface area (Å²) in [5.41, 5.74) is 4.46. The van der Waals surface area contributed by atoms with Crippen LogP contribution in [0.4, 0.5) is 0 Å². The van der Waals surface area contributed by atoms with E-state index in [4.69, 9.17) is 14.0 Å². The Hall–Kier alpha value is -2.80. The summed E-state index contributed by atoms with van der Waals surface area (Å²) in [6.45, 7) is 7.12. The first-order valence-electron chi connectivity index (χ1n) is 11.1. The molecular formula is C24H32N4O3. The van der Waals surface area contributed by atoms with E-state index in [0.717, 1.165) is 43.1 Å². The quantitative estimate of drug-likeness (QED) is 0.532. The van der Waals surface area contributed by atoms with E-state index in [9.17, 15) is 0 Å². The van der Waals surface area contributed by atoms with Crippen molar-refractivity contribution in [1.82, 2.24) is 19.8 Å². The number of aryl methyl sites for hydroxylation is 1. The first-order chi connectivity index (χ1) is 15.1. The summed E-state index contributed by atoms with van der Waals surface area (Å²) < 4.78 is 18.6. The highest BCUT2D eigenvalue weighted by Gasteiger charge is 2.27. The second-order valence-corrected chi connectivity index (χ2v) is 8.09. The molecule has 0 bridgehead atoms. The lowest BCUT2D eigenvalue weighted by atomic mass is 10.0. The summed E-state index contributed by atoms with van der Waals surface area (Å²) in [6, 6.07) is 8.11. The number of hydrogen-bond acceptors (Lipinski definition) is 6. The Labute approximate surface area is 183 Å². The molecule has 1 aliphatic rings. The van der Waals surface area contributed by atoms with E-state index in [1.165, 1.54) is 30.5 Å². The van der Waals surface area contributed by atoms with E-state index in [-0.39, 0.29) is 6.04 Å². The van der Waals surface area contributed by atoms with Crippen LogP contribution in [0, 0.1) is 6.92 Å². The van der Waals surface area contributed by atoms with Crippen molar-refractivity contribution in [1.29, 1.82) is 0 Å². The van der Waals surface area contributed by atoms with Crippen molar-refractivity contribution in [3.05, 3.63) is 47.4 Å². The number of likely N-dealkylation sites (tertiary alicyclic amines) is 1. The van der Waals surface area contributed by atoms with Gasteiger partial charge in [-0.3, -0.25) is 9.58 Å². The Morgan fingerprint density at radius 3 is 2.68 bits per heavy atom. The third-order valence-electron chi connectivity index (χ3n) is 6.28. The highest BCUT2D eigenvalue weighted by atomic mass is 16.5. The number of methoxy groups -OCH3 is 2. The summed E-state index contributed by atoms with van der Waals surface area (Å²) >= 11 is 0. The lowest BCUT2D eigenvalue weighted by molar-refractivity contribution is 0.183. The third-order valence-corrected chi connectivity index (χ3v) is 6.28. The fraction of sp³-hybridized carbons (Fsp3) is 0.500. The Morgan fingerprint density at radius 1 is 1.10 bits per heavy atom. The predicted molar refractivity (Wildman–Crippen MR) is 119 cm³/mol. The Balaban J connectivity index is 1.59. The van der Waals surface area contributed by atoms with Crippen LogP contribution in [0.1, 0.15) is 55.6 Å². The van der Waals surface area contributed by atoms with Crippen molar-refractivity contribution in [3.63, 3.8) is 0 Å². The lowest BCUT2D eigenvalue weighted by Gasteiger charge is -2.28. The van der Waals surface area contributed by atoms with Gasteiger partial charge in [0.05, 0.1) is 26.5 Å². The van der Waals surface area contributed by atoms with Gasteiger partial charge in [-0.05, 0) is 51.4 Å². The molecule has 166 valence electrons. The number of ether oxygens (including phenoxy) is 2. The second-order valence-electron chi connectivity index (χ2n) is 8.09. The van der Waals surface area contributed by atoms with Gasteiger partial charge in [0.1, 0.15) is 5.69 Å². The van der Waals surface area contributed by atoms with Crippen LogP contribution in [-0.4, -0.2) is 40.6 Å². The predicted octanol–water partition coefficient (Wildman–Crippen LogP) is 5.00. The van der Waals surface area contributed by atoms with Crippen LogP contribution in [-0.2, 0) is 13.1 Å². The summed E-state index contributed by atoms with van der Waals surface area (Å²) in [4.78, 5) is 2.53. The maximum Gasteiger partial charge on any atom is 0.167 e. The highest BCUT2D eigenvalue weighted by molar-refractivity contribution is 5.62. The van der Waals surface area contributed by atoms with Gasteiger partial charge in [0.15, 0.2) is 17.3 Å². The summed E-state index contributed by atoms with van der Waals surface area (Å²) in [6.07, 6.45) is 6.75. The SMILES string of the molecule is CCn1ncc(CN2CCCCC[C@@H]2c2cc(-c3ccc(OC)c(OC)c3)on2)c1C. The molecule has 4 rings (SSSR count). The average molecular weight is 425 g/mol. The van der Waals surface area contributed by atoms with E-state index in [0.29, 0.717) is 11.5 Å². The summed E-state index contributed by atoms with van der Waals surface area (Å²) in [5, 5.41) is 9.01. The normalized spacial score (nSPS) is 17.5. The molecule has 1 aliphatic heterocycles. The molecular weight excluding hydrogens is 392 g/mol. The maximum absolute atomic E-state index is 5.77. The summed E-state index contributed by atoms with van der Waals surface area (Å²) in [7, 11) is 3.27. The largest absolute Gasteiger partial charge is 0.493 e. The molecule has 7 nitrogen and oxygen atoms in total. The highest BCUT2D eigenvalue weighted by Crippen LogP contribution is 2.36. The average Bonchev–Trinajstić information content (AvgIpc) is 3.35. The molecule has 0 aliphatic carbocycles. The van der Waals surface area contributed by atoms with Crippen LogP contribution in [0.25, 0.3) is 11.3 Å². The van der Waals surface area contributed by atoms with Crippen LogP contribution in [0.5, 0.6) is 11.5 Å². The molecule has 0 amide bonds. The van der Waals surface area contributed by atoms with Crippen molar-refractivity contribution in [2.75, 3.05) is 20.8 Å². The number of nitrogens with zero attached hydrogens (tertiary/aromatic N) is 4. The molecule has 1 fully saturated rings. The Kier molecular flexibility index (Phi) is 6.61. The standard InChI is InChI=1S/C24H32N4O3/c1-5-28-17(2)19(15-25-28)16-27-12-8-6-7-9-21(27)20-14-23(31-26-20)18-10-11-22(29-3)24(13-18)30-4/h10-11,13-15,21H,5-9,12,16H2,1-4H3/t21-/m1/s1. The van der Waals surface area contributed by atoms with Gasteiger partial charge in [0, 0.05) is 36.0 Å². The molecule has 1 saturated heterocycles. The number of aromatic nitrogens is 3. The first-order valence-corrected chi connectivity index (χ1v) is 11.1. The zero-order valence-corrected chi connectivity index (χ0v) is 18.9. The van der Waals surface area contributed by atoms with E-state index >= 15 is 0 Å². The zero-order chi connectivity index (χ0) is 21.8. The van der Waals surface area contributed by atoms with Gasteiger partial charge in [-0.2, -0.15) is 5.10 Å². The first kappa shape index (κ1) is 21.4. The fourth-order valence-electron chi connectivity index (χ4n) is 4.44. The van der Waals surface area contributed by atoms with Gasteiger partial charge in [-0.1, -0.05) is 18.0 Å². The van der Waals surface area contributed by atoms with Crippen LogP contribution in [0.2, 0.25) is 0 Å². The van der Waals surface area contributed by atoms with Gasteiger partial charge in [-0.25, -0.2) is 0 Å². The number of benzene rings is 1. The van der Waals surface area contributed by atoms with Crippen molar-refractivity contribution >= 4 is 0 Å². The molecule has 2 aromatic heterocycles. The minimum Gasteiger partial charge on any atom is -0.493 e. The molecule has 1 aromatic carbocycles. The number of hydrogen-bond donors (Lipinski definition) is 0. The van der Waals surface area contributed by atoms with Crippen molar-refractivity contribution in [3.8, 4) is 22.8 Å². The topological polar surface area (TPSA) is 65.6 Å². The van der Waals surface area contributed by atoms with Gasteiger partial charge >= 0.3 is 0 Å². The van der Waals surface area contributed by atoms with E-state index in [2.05, 4.69) is 39.8 Å². The monoisotopic (exact) mass is 424 g/mol. The molecule has 0 unspecified atom stereocenters. The Morgan fingerprint density at radius 2 is 1.94 bits per heavy atom. The minimum absolute atomic E-state index is 0.240. The van der Waals surface area contributed by atoms with Crippen molar-refractivity contribution in [2.24, 2.45) is 0 Å². The smallest absolute Gasteiger partial charge is 0.167 e. The van der Waals surface area contributed by atoms with Crippen molar-refractivity contribution < 1.29 is 14.0 Å². The molecule has 7 heteroatoms. The van der Waals surface area contributed by atoms with Gasteiger partial charge in [-0.15, -0.1) is 0 Å². The molecule has 3 heterocycles. The van der Waals surface area contributed by atoms with Crippen LogP contribution in [0.3, 0.4) is 0 Å².